The molecule has 0 aromatic rings. The van der Waals surface area contributed by atoms with Gasteiger partial charge in [0.15, 0.2) is 0 Å². The maximum atomic E-state index is 14.3. The van der Waals surface area contributed by atoms with E-state index in [9.17, 15) is 39.6 Å². The first-order valence-corrected chi connectivity index (χ1v) is 21.0. The predicted molar refractivity (Wildman–Crippen MR) is 212 cm³/mol. The van der Waals surface area contributed by atoms with Crippen molar-refractivity contribution in [1.82, 2.24) is 4.90 Å². The molecule has 1 unspecified atom stereocenters. The molecule has 3 fully saturated rings. The van der Waals surface area contributed by atoms with E-state index in [1.54, 1.807) is 26.8 Å². The molecule has 14 atom stereocenters. The number of esters is 1. The van der Waals surface area contributed by atoms with Gasteiger partial charge in [-0.3, -0.25) is 14.4 Å². The number of aliphatic hydroxyl groups is 4. The zero-order chi connectivity index (χ0) is 42.2. The molecule has 4 N–H and O–H groups in total. The Morgan fingerprint density at radius 3 is 2.32 bits per heavy atom. The predicted octanol–water partition coefficient (Wildman–Crippen LogP) is 4.23. The molecule has 0 aromatic heterocycles. The maximum absolute atomic E-state index is 14.3. The molecular weight excluding hydrogens is 734 g/mol. The van der Waals surface area contributed by atoms with Crippen LogP contribution in [0.25, 0.3) is 0 Å². The smallest absolute Gasteiger partial charge is 0.329 e. The highest BCUT2D eigenvalue weighted by molar-refractivity contribution is 6.39. The highest BCUT2D eigenvalue weighted by Gasteiger charge is 2.56. The number of rotatable bonds is 7. The van der Waals surface area contributed by atoms with Crippen LogP contribution in [0.4, 0.5) is 0 Å². The molecule has 2 bridgehead atoms. The van der Waals surface area contributed by atoms with E-state index in [1.807, 2.05) is 26.0 Å². The summed E-state index contributed by atoms with van der Waals surface area (Å²) < 4.78 is 24.2. The number of ketones is 2. The van der Waals surface area contributed by atoms with Gasteiger partial charge in [-0.05, 0) is 95.5 Å². The average Bonchev–Trinajstić information content (AvgIpc) is 3.18. The van der Waals surface area contributed by atoms with Crippen molar-refractivity contribution >= 4 is 23.4 Å². The number of piperidine rings is 1. The number of fused-ring (bicyclic) bond motifs is 3. The van der Waals surface area contributed by atoms with E-state index in [0.717, 1.165) is 5.57 Å². The molecule has 3 aliphatic heterocycles. The molecule has 2 saturated heterocycles. The Bertz CT molecular complexity index is 1480. The molecule has 57 heavy (non-hydrogen) atoms. The van der Waals surface area contributed by atoms with E-state index in [4.69, 9.17) is 18.9 Å². The third kappa shape index (κ3) is 11.3. The van der Waals surface area contributed by atoms with Crippen LogP contribution in [0.15, 0.2) is 36.0 Å². The molecular formula is C44H69NO12. The standard InChI is InChI=1S/C44H69NO12/c1-9-12-31-18-25(2)17-26(3)19-37(54-7)40-38(55-8)21-28(5)44(53,57-40)41(50)42(51)45-16-11-10-13-33(45)43(52)56-39(29(6)35(48)23-36(31)49)27(4)20-30-14-15-34(47)32(22-30)24-46/h9,18,20,26,28-35,37-40,46-48,53H,1,10-17,19,21-24H2,2-8H3/b25-18+,27-20+/t26-,28+,29+,30-,31+,32-,33-,34+,35-,37-,38-,39+,40?,44+/m0/s1. The molecule has 13 heteroatoms. The van der Waals surface area contributed by atoms with Crippen LogP contribution in [-0.4, -0.2) is 125 Å². The molecule has 0 spiro atoms. The monoisotopic (exact) mass is 803 g/mol. The van der Waals surface area contributed by atoms with Gasteiger partial charge in [0.25, 0.3) is 11.7 Å². The van der Waals surface area contributed by atoms with Crippen molar-refractivity contribution in [3.63, 3.8) is 0 Å². The number of ether oxygens (including phenoxy) is 4. The molecule has 4 rings (SSSR count). The third-order valence-corrected chi connectivity index (χ3v) is 13.0. The summed E-state index contributed by atoms with van der Waals surface area (Å²) in [6, 6.07) is -1.16. The summed E-state index contributed by atoms with van der Waals surface area (Å²) in [5, 5.41) is 44.0. The summed E-state index contributed by atoms with van der Waals surface area (Å²) in [5.74, 6) is -8.19. The molecule has 1 aliphatic carbocycles. The summed E-state index contributed by atoms with van der Waals surface area (Å²) in [6.07, 6.45) is 5.00. The molecule has 1 saturated carbocycles. The van der Waals surface area contributed by atoms with Gasteiger partial charge in [0.05, 0.1) is 24.4 Å². The summed E-state index contributed by atoms with van der Waals surface area (Å²) in [6.45, 7) is 12.9. The van der Waals surface area contributed by atoms with Gasteiger partial charge in [-0.25, -0.2) is 4.79 Å². The van der Waals surface area contributed by atoms with E-state index >= 15 is 0 Å². The van der Waals surface area contributed by atoms with Crippen molar-refractivity contribution in [1.29, 1.82) is 0 Å². The van der Waals surface area contributed by atoms with Gasteiger partial charge in [0, 0.05) is 57.5 Å². The van der Waals surface area contributed by atoms with Crippen molar-refractivity contribution in [2.45, 2.75) is 154 Å². The lowest BCUT2D eigenvalue weighted by molar-refractivity contribution is -0.302. The lowest BCUT2D eigenvalue weighted by atomic mass is 9.78. The van der Waals surface area contributed by atoms with Crippen molar-refractivity contribution in [2.75, 3.05) is 27.4 Å². The zero-order valence-corrected chi connectivity index (χ0v) is 35.1. The minimum absolute atomic E-state index is 0.00385. The molecule has 13 nitrogen and oxygen atoms in total. The second-order valence-electron chi connectivity index (χ2n) is 17.4. The summed E-state index contributed by atoms with van der Waals surface area (Å²) in [4.78, 5) is 57.8. The first-order valence-electron chi connectivity index (χ1n) is 21.0. The Hall–Kier alpha value is -2.78. The minimum atomic E-state index is -2.52. The van der Waals surface area contributed by atoms with Crippen LogP contribution in [0.5, 0.6) is 0 Å². The SMILES string of the molecule is C=CC[C@@H]1/C=C(\C)C[C@H](C)C[C@H](OC)C2O[C@@](O)(C(=O)C(=O)N3CCCC[C@H]3C(=O)O[C@H](/C(C)=C/[C@@H]3CC[C@@H](O)[C@H](CO)C3)[C@H](C)[C@@H](O)CC1=O)[C@H](C)C[C@@H]2OC. The number of hydrogen-bond donors (Lipinski definition) is 4. The highest BCUT2D eigenvalue weighted by atomic mass is 16.7. The first-order chi connectivity index (χ1) is 27.0. The quantitative estimate of drug-likeness (QED) is 0.163. The van der Waals surface area contributed by atoms with Crippen molar-refractivity contribution in [3.8, 4) is 0 Å². The average molecular weight is 804 g/mol. The molecule has 4 aliphatic rings. The van der Waals surface area contributed by atoms with Crippen molar-refractivity contribution in [3.05, 3.63) is 36.0 Å². The van der Waals surface area contributed by atoms with Gasteiger partial charge in [-0.1, -0.05) is 44.6 Å². The van der Waals surface area contributed by atoms with Crippen LogP contribution < -0.4 is 0 Å². The molecule has 3 heterocycles. The summed E-state index contributed by atoms with van der Waals surface area (Å²) >= 11 is 0. The fraction of sp³-hybridized carbons (Fsp3) is 0.773. The van der Waals surface area contributed by atoms with E-state index in [0.29, 0.717) is 56.9 Å². The lowest BCUT2D eigenvalue weighted by Crippen LogP contribution is -2.64. The first kappa shape index (κ1) is 46.9. The van der Waals surface area contributed by atoms with E-state index in [-0.39, 0.29) is 56.0 Å². The van der Waals surface area contributed by atoms with Crippen LogP contribution in [-0.2, 0) is 38.1 Å². The second kappa shape index (κ2) is 21.0. The number of carbonyl (C=O) groups excluding carboxylic acids is 4. The Kier molecular flexibility index (Phi) is 17.2. The number of hydrogen-bond acceptors (Lipinski definition) is 12. The second-order valence-corrected chi connectivity index (χ2v) is 17.4. The summed E-state index contributed by atoms with van der Waals surface area (Å²) in [7, 11) is 3.04. The van der Waals surface area contributed by atoms with Gasteiger partial charge >= 0.3 is 5.97 Å². The van der Waals surface area contributed by atoms with Crippen LogP contribution in [0.1, 0.15) is 105 Å². The minimum Gasteiger partial charge on any atom is -0.456 e. The lowest BCUT2D eigenvalue weighted by Gasteiger charge is -2.47. The van der Waals surface area contributed by atoms with Gasteiger partial charge in [-0.15, -0.1) is 6.58 Å². The Balaban J connectivity index is 1.78. The Morgan fingerprint density at radius 1 is 0.982 bits per heavy atom. The highest BCUT2D eigenvalue weighted by Crippen LogP contribution is 2.39. The fourth-order valence-corrected chi connectivity index (χ4v) is 9.51. The number of methoxy groups -OCH3 is 2. The maximum Gasteiger partial charge on any atom is 0.329 e. The van der Waals surface area contributed by atoms with E-state index in [1.165, 1.54) is 19.1 Å². The van der Waals surface area contributed by atoms with Crippen LogP contribution in [0.2, 0.25) is 0 Å². The van der Waals surface area contributed by atoms with Gasteiger partial charge < -0.3 is 44.3 Å². The molecule has 0 aromatic carbocycles. The zero-order valence-electron chi connectivity index (χ0n) is 35.1. The van der Waals surface area contributed by atoms with Gasteiger partial charge in [-0.2, -0.15) is 0 Å². The number of aliphatic hydroxyl groups excluding tert-OH is 3. The molecule has 1 amide bonds. The fourth-order valence-electron chi connectivity index (χ4n) is 9.51. The number of amides is 1. The van der Waals surface area contributed by atoms with Crippen LogP contribution in [0, 0.1) is 35.5 Å². The molecule has 322 valence electrons. The topological polar surface area (TPSA) is 189 Å². The number of nitrogens with zero attached hydrogens (tertiary/aromatic N) is 1. The van der Waals surface area contributed by atoms with Gasteiger partial charge in [0.1, 0.15) is 24.0 Å². The Morgan fingerprint density at radius 2 is 1.67 bits per heavy atom. The van der Waals surface area contributed by atoms with Crippen molar-refractivity contribution in [2.24, 2.45) is 35.5 Å². The molecule has 0 radical (unpaired) electrons. The largest absolute Gasteiger partial charge is 0.456 e. The number of cyclic esters (lactones) is 1. The van der Waals surface area contributed by atoms with Crippen LogP contribution in [0.3, 0.4) is 0 Å². The van der Waals surface area contributed by atoms with E-state index < -0.39 is 83.9 Å². The Labute approximate surface area is 338 Å². The van der Waals surface area contributed by atoms with Crippen molar-refractivity contribution < 1.29 is 58.6 Å². The number of carbonyl (C=O) groups is 4. The number of allylic oxidation sites excluding steroid dienone is 4. The normalized spacial score (nSPS) is 41.0. The summed E-state index contributed by atoms with van der Waals surface area (Å²) in [5.41, 5.74) is 1.58. The van der Waals surface area contributed by atoms with E-state index in [2.05, 4.69) is 6.58 Å². The third-order valence-electron chi connectivity index (χ3n) is 13.0. The number of Topliss-reactive ketones (excluding diaryl/α,β-unsaturated/α-hetero) is 2. The van der Waals surface area contributed by atoms with Gasteiger partial charge in [0.2, 0.25) is 5.79 Å². The van der Waals surface area contributed by atoms with Crippen LogP contribution >= 0.6 is 0 Å².